The minimum absolute atomic E-state index is 0.0151. The van der Waals surface area contributed by atoms with Crippen molar-refractivity contribution in [1.29, 1.82) is 0 Å². The normalized spacial score (nSPS) is 17.1. The molecule has 2 aliphatic rings. The van der Waals surface area contributed by atoms with E-state index in [1.54, 1.807) is 23.0 Å². The molecule has 0 bridgehead atoms. The third-order valence-corrected chi connectivity index (χ3v) is 5.14. The average Bonchev–Trinajstić information content (AvgIpc) is 3.34. The molecule has 2 aromatic heterocycles. The highest BCUT2D eigenvalue weighted by molar-refractivity contribution is 5.56. The van der Waals surface area contributed by atoms with Gasteiger partial charge in [0.05, 0.1) is 32.6 Å². The molecule has 1 N–H and O–H groups in total. The first-order valence-corrected chi connectivity index (χ1v) is 9.19. The van der Waals surface area contributed by atoms with E-state index in [1.807, 2.05) is 0 Å². The molecule has 9 heteroatoms. The maximum atomic E-state index is 14.3. The number of halogens is 1. The summed E-state index contributed by atoms with van der Waals surface area (Å²) in [4.78, 5) is 4.42. The molecule has 1 fully saturated rings. The van der Waals surface area contributed by atoms with Crippen LogP contribution in [0.1, 0.15) is 18.1 Å². The van der Waals surface area contributed by atoms with Crippen molar-refractivity contribution < 1.29 is 18.6 Å². The largest absolute Gasteiger partial charge is 0.493 e. The van der Waals surface area contributed by atoms with Crippen LogP contribution in [0.25, 0.3) is 5.65 Å². The Morgan fingerprint density at radius 1 is 1.36 bits per heavy atom. The Hall–Kier alpha value is -2.94. The number of nitrogens with zero attached hydrogens (tertiary/aromatic N) is 4. The molecule has 4 heterocycles. The molecule has 0 saturated carbocycles. The number of fused-ring (bicyclic) bond motifs is 2. The van der Waals surface area contributed by atoms with Gasteiger partial charge in [0.1, 0.15) is 17.9 Å². The molecule has 0 radical (unpaired) electrons. The van der Waals surface area contributed by atoms with Crippen molar-refractivity contribution in [3.05, 3.63) is 41.6 Å². The van der Waals surface area contributed by atoms with Gasteiger partial charge in [-0.15, -0.1) is 10.2 Å². The van der Waals surface area contributed by atoms with Crippen molar-refractivity contribution in [1.82, 2.24) is 19.6 Å². The maximum Gasteiger partial charge on any atom is 0.210 e. The maximum absolute atomic E-state index is 14.3. The molecule has 146 valence electrons. The second kappa shape index (κ2) is 6.59. The molecule has 3 aromatic rings. The fourth-order valence-corrected chi connectivity index (χ4v) is 3.49. The van der Waals surface area contributed by atoms with Crippen LogP contribution in [0.15, 0.2) is 24.7 Å². The first-order valence-electron chi connectivity index (χ1n) is 9.19. The minimum Gasteiger partial charge on any atom is -0.493 e. The Morgan fingerprint density at radius 2 is 2.25 bits per heavy atom. The topological polar surface area (TPSA) is 82.8 Å². The van der Waals surface area contributed by atoms with E-state index in [2.05, 4.69) is 27.4 Å². The number of hydrogen-bond donors (Lipinski definition) is 1. The molecule has 28 heavy (non-hydrogen) atoms. The van der Waals surface area contributed by atoms with Gasteiger partial charge in [-0.25, -0.2) is 13.8 Å². The zero-order valence-electron chi connectivity index (χ0n) is 15.4. The highest BCUT2D eigenvalue weighted by atomic mass is 19.1. The van der Waals surface area contributed by atoms with Gasteiger partial charge >= 0.3 is 0 Å². The molecular weight excluding hydrogens is 365 g/mol. The zero-order chi connectivity index (χ0) is 19.1. The van der Waals surface area contributed by atoms with Crippen LogP contribution < -0.4 is 14.8 Å². The molecular formula is C19H20FN5O3. The van der Waals surface area contributed by atoms with Gasteiger partial charge in [-0.1, -0.05) is 6.92 Å². The van der Waals surface area contributed by atoms with E-state index < -0.39 is 0 Å². The van der Waals surface area contributed by atoms with Gasteiger partial charge in [-0.3, -0.25) is 0 Å². The van der Waals surface area contributed by atoms with Crippen molar-refractivity contribution in [2.24, 2.45) is 5.41 Å². The molecule has 2 aliphatic heterocycles. The number of nitrogens with one attached hydrogen (secondary N) is 1. The SMILES string of the molecule is CC1(COc2cnc(NCc3c(F)ccc4c3CCO4)n3cnnc23)COC1. The van der Waals surface area contributed by atoms with E-state index in [1.165, 1.54) is 6.07 Å². The monoisotopic (exact) mass is 385 g/mol. The molecule has 5 rings (SSSR count). The molecule has 0 aliphatic carbocycles. The van der Waals surface area contributed by atoms with Crippen molar-refractivity contribution in [2.75, 3.05) is 31.7 Å². The Kier molecular flexibility index (Phi) is 4.04. The Balaban J connectivity index is 1.37. The van der Waals surface area contributed by atoms with Crippen LogP contribution in [0.5, 0.6) is 11.5 Å². The number of rotatable bonds is 6. The Bertz CT molecular complexity index is 1030. The molecule has 1 aromatic carbocycles. The summed E-state index contributed by atoms with van der Waals surface area (Å²) in [6.07, 6.45) is 3.87. The van der Waals surface area contributed by atoms with Gasteiger partial charge in [-0.2, -0.15) is 0 Å². The van der Waals surface area contributed by atoms with E-state index >= 15 is 0 Å². The second-order valence-electron chi connectivity index (χ2n) is 7.52. The van der Waals surface area contributed by atoms with E-state index in [0.29, 0.717) is 55.8 Å². The Morgan fingerprint density at radius 3 is 3.07 bits per heavy atom. The minimum atomic E-state index is -0.257. The van der Waals surface area contributed by atoms with Crippen molar-refractivity contribution in [3.8, 4) is 11.5 Å². The first kappa shape index (κ1) is 17.2. The van der Waals surface area contributed by atoms with Crippen LogP contribution in [0, 0.1) is 11.2 Å². The highest BCUT2D eigenvalue weighted by Gasteiger charge is 2.34. The standard InChI is InChI=1S/C19H20FN5O3/c1-19(8-26-9-19)10-28-16-7-22-18(25-11-23-24-17(16)25)21-6-13-12-4-5-27-15(12)3-2-14(13)20/h2-3,7,11H,4-6,8-10H2,1H3,(H,21,22). The van der Waals surface area contributed by atoms with Gasteiger partial charge in [0.2, 0.25) is 11.6 Å². The lowest BCUT2D eigenvalue weighted by Gasteiger charge is -2.37. The van der Waals surface area contributed by atoms with E-state index in [4.69, 9.17) is 14.2 Å². The van der Waals surface area contributed by atoms with Gasteiger partial charge in [0, 0.05) is 29.5 Å². The number of ether oxygens (including phenoxy) is 3. The van der Waals surface area contributed by atoms with Gasteiger partial charge < -0.3 is 19.5 Å². The lowest BCUT2D eigenvalue weighted by atomic mass is 9.90. The first-order chi connectivity index (χ1) is 13.6. The third kappa shape index (κ3) is 2.91. The van der Waals surface area contributed by atoms with Crippen molar-refractivity contribution in [3.63, 3.8) is 0 Å². The summed E-state index contributed by atoms with van der Waals surface area (Å²) >= 11 is 0. The molecule has 8 nitrogen and oxygen atoms in total. The van der Waals surface area contributed by atoms with E-state index in [0.717, 1.165) is 11.3 Å². The molecule has 1 saturated heterocycles. The fraction of sp³-hybridized carbons (Fsp3) is 0.421. The quantitative estimate of drug-likeness (QED) is 0.697. The third-order valence-electron chi connectivity index (χ3n) is 5.14. The van der Waals surface area contributed by atoms with E-state index in [-0.39, 0.29) is 17.8 Å². The van der Waals surface area contributed by atoms with Gasteiger partial charge in [0.25, 0.3) is 0 Å². The smallest absolute Gasteiger partial charge is 0.210 e. The number of anilines is 1. The predicted octanol–water partition coefficient (Wildman–Crippen LogP) is 2.23. The molecule has 0 unspecified atom stereocenters. The summed E-state index contributed by atoms with van der Waals surface area (Å²) in [6.45, 7) is 4.85. The van der Waals surface area contributed by atoms with Gasteiger partial charge in [0.15, 0.2) is 5.75 Å². The summed E-state index contributed by atoms with van der Waals surface area (Å²) in [5.74, 6) is 1.56. The van der Waals surface area contributed by atoms with Crippen LogP contribution in [0.3, 0.4) is 0 Å². The van der Waals surface area contributed by atoms with Crippen LogP contribution >= 0.6 is 0 Å². The fourth-order valence-electron chi connectivity index (χ4n) is 3.49. The average molecular weight is 385 g/mol. The summed E-state index contributed by atoms with van der Waals surface area (Å²) in [7, 11) is 0. The van der Waals surface area contributed by atoms with Crippen LogP contribution in [0.4, 0.5) is 10.3 Å². The Labute approximate surface area is 160 Å². The number of benzene rings is 1. The summed E-state index contributed by atoms with van der Waals surface area (Å²) in [5, 5.41) is 11.3. The summed E-state index contributed by atoms with van der Waals surface area (Å²) in [6, 6.07) is 3.11. The van der Waals surface area contributed by atoms with Crippen molar-refractivity contribution in [2.45, 2.75) is 19.9 Å². The molecule has 0 spiro atoms. The van der Waals surface area contributed by atoms with Crippen LogP contribution in [-0.4, -0.2) is 46.0 Å². The van der Waals surface area contributed by atoms with Gasteiger partial charge in [-0.05, 0) is 12.1 Å². The lowest BCUT2D eigenvalue weighted by Crippen LogP contribution is -2.44. The van der Waals surface area contributed by atoms with Crippen LogP contribution in [-0.2, 0) is 17.7 Å². The summed E-state index contributed by atoms with van der Waals surface area (Å²) < 4.78 is 32.7. The second-order valence-corrected chi connectivity index (χ2v) is 7.52. The predicted molar refractivity (Wildman–Crippen MR) is 98.1 cm³/mol. The van der Waals surface area contributed by atoms with Crippen LogP contribution in [0.2, 0.25) is 0 Å². The zero-order valence-corrected chi connectivity index (χ0v) is 15.4. The summed E-state index contributed by atoms with van der Waals surface area (Å²) in [5.41, 5.74) is 2.07. The molecule has 0 amide bonds. The van der Waals surface area contributed by atoms with E-state index in [9.17, 15) is 4.39 Å². The number of hydrogen-bond acceptors (Lipinski definition) is 7. The highest BCUT2D eigenvalue weighted by Crippen LogP contribution is 2.31. The lowest BCUT2D eigenvalue weighted by molar-refractivity contribution is -0.120. The van der Waals surface area contributed by atoms with Crippen molar-refractivity contribution >= 4 is 11.6 Å². The molecule has 0 atom stereocenters. The number of aromatic nitrogens is 4.